The lowest BCUT2D eigenvalue weighted by molar-refractivity contribution is 0.0518. The van der Waals surface area contributed by atoms with Crippen LogP contribution in [0.4, 0.5) is 0 Å². The minimum absolute atomic E-state index is 0.100. The van der Waals surface area contributed by atoms with Crippen LogP contribution >= 0.6 is 0 Å². The van der Waals surface area contributed by atoms with Gasteiger partial charge in [-0.25, -0.2) is 0 Å². The minimum Gasteiger partial charge on any atom is -0.493 e. The lowest BCUT2D eigenvalue weighted by Gasteiger charge is -2.34. The van der Waals surface area contributed by atoms with Gasteiger partial charge in [0.15, 0.2) is 17.3 Å². The molecule has 0 unspecified atom stereocenters. The van der Waals surface area contributed by atoms with Crippen molar-refractivity contribution < 1.29 is 23.5 Å². The predicted molar refractivity (Wildman–Crippen MR) is 105 cm³/mol. The van der Waals surface area contributed by atoms with Crippen LogP contribution in [0.15, 0.2) is 41.0 Å². The molecular weight excluding hydrogens is 360 g/mol. The summed E-state index contributed by atoms with van der Waals surface area (Å²) < 4.78 is 16.0. The number of amides is 2. The monoisotopic (exact) mass is 384 g/mol. The largest absolute Gasteiger partial charge is 0.493 e. The van der Waals surface area contributed by atoms with E-state index in [4.69, 9.17) is 13.9 Å². The maximum Gasteiger partial charge on any atom is 0.289 e. The van der Waals surface area contributed by atoms with Crippen LogP contribution in [0, 0.1) is 0 Å². The summed E-state index contributed by atoms with van der Waals surface area (Å²) in [6, 6.07) is 6.82. The second-order valence-corrected chi connectivity index (χ2v) is 6.36. The summed E-state index contributed by atoms with van der Waals surface area (Å²) in [7, 11) is 3.12. The molecule has 7 nitrogen and oxygen atoms in total. The summed E-state index contributed by atoms with van der Waals surface area (Å²) >= 11 is 0. The van der Waals surface area contributed by atoms with Crippen molar-refractivity contribution in [2.75, 3.05) is 40.4 Å². The Hall–Kier alpha value is -3.22. The van der Waals surface area contributed by atoms with E-state index in [-0.39, 0.29) is 11.8 Å². The molecule has 0 aliphatic carbocycles. The molecule has 7 heteroatoms. The van der Waals surface area contributed by atoms with Crippen molar-refractivity contribution in [2.24, 2.45) is 0 Å². The molecule has 2 heterocycles. The molecule has 0 bridgehead atoms. The smallest absolute Gasteiger partial charge is 0.289 e. The molecule has 0 N–H and O–H groups in total. The number of allylic oxidation sites excluding steroid dienone is 1. The van der Waals surface area contributed by atoms with E-state index in [0.29, 0.717) is 49.0 Å². The van der Waals surface area contributed by atoms with Crippen molar-refractivity contribution in [1.82, 2.24) is 9.80 Å². The fraction of sp³-hybridized carbons (Fsp3) is 0.333. The molecule has 148 valence electrons. The Kier molecular flexibility index (Phi) is 6.03. The van der Waals surface area contributed by atoms with E-state index in [1.54, 1.807) is 48.3 Å². The van der Waals surface area contributed by atoms with Crippen molar-refractivity contribution >= 4 is 17.9 Å². The minimum atomic E-state index is -0.154. The summed E-state index contributed by atoms with van der Waals surface area (Å²) in [5.74, 6) is 1.16. The van der Waals surface area contributed by atoms with Gasteiger partial charge in [-0.3, -0.25) is 9.59 Å². The van der Waals surface area contributed by atoms with Crippen LogP contribution in [0.2, 0.25) is 0 Å². The van der Waals surface area contributed by atoms with Crippen LogP contribution in [0.5, 0.6) is 11.5 Å². The first-order chi connectivity index (χ1) is 13.6. The third kappa shape index (κ3) is 3.88. The fourth-order valence-electron chi connectivity index (χ4n) is 3.27. The van der Waals surface area contributed by atoms with Crippen LogP contribution in [-0.4, -0.2) is 62.0 Å². The third-order valence-corrected chi connectivity index (χ3v) is 4.69. The molecule has 0 atom stereocenters. The van der Waals surface area contributed by atoms with E-state index in [1.165, 1.54) is 6.26 Å². The van der Waals surface area contributed by atoms with Gasteiger partial charge in [0.2, 0.25) is 0 Å². The summed E-state index contributed by atoms with van der Waals surface area (Å²) in [6.45, 7) is 3.73. The van der Waals surface area contributed by atoms with Gasteiger partial charge in [-0.05, 0) is 31.2 Å². The average Bonchev–Trinajstić information content (AvgIpc) is 3.27. The summed E-state index contributed by atoms with van der Waals surface area (Å²) in [6.07, 6.45) is 5.23. The lowest BCUT2D eigenvalue weighted by atomic mass is 10.1. The van der Waals surface area contributed by atoms with Crippen LogP contribution in [0.25, 0.3) is 6.08 Å². The Balaban J connectivity index is 1.74. The van der Waals surface area contributed by atoms with Gasteiger partial charge in [0.25, 0.3) is 11.8 Å². The van der Waals surface area contributed by atoms with E-state index >= 15 is 0 Å². The number of hydrogen-bond acceptors (Lipinski definition) is 5. The number of methoxy groups -OCH3 is 2. The number of ether oxygens (including phenoxy) is 2. The van der Waals surface area contributed by atoms with Crippen molar-refractivity contribution in [1.29, 1.82) is 0 Å². The Morgan fingerprint density at radius 1 is 1.04 bits per heavy atom. The van der Waals surface area contributed by atoms with Gasteiger partial charge < -0.3 is 23.7 Å². The van der Waals surface area contributed by atoms with E-state index in [1.807, 2.05) is 19.1 Å². The van der Waals surface area contributed by atoms with Crippen molar-refractivity contribution in [3.8, 4) is 11.5 Å². The topological polar surface area (TPSA) is 72.2 Å². The molecular formula is C21H24N2O5. The molecule has 28 heavy (non-hydrogen) atoms. The van der Waals surface area contributed by atoms with E-state index < -0.39 is 0 Å². The number of piperazine rings is 1. The van der Waals surface area contributed by atoms with Crippen LogP contribution in [0.1, 0.15) is 33.4 Å². The quantitative estimate of drug-likeness (QED) is 0.793. The first kappa shape index (κ1) is 19.5. The van der Waals surface area contributed by atoms with Gasteiger partial charge >= 0.3 is 0 Å². The van der Waals surface area contributed by atoms with E-state index in [0.717, 1.165) is 5.56 Å². The summed E-state index contributed by atoms with van der Waals surface area (Å²) in [4.78, 5) is 28.8. The molecule has 2 amide bonds. The van der Waals surface area contributed by atoms with Gasteiger partial charge in [-0.2, -0.15) is 0 Å². The first-order valence-electron chi connectivity index (χ1n) is 9.09. The standard InChI is InChI=1S/C21H24N2O5/c1-4-6-15-13-16(14-18(26-2)19(15)27-3)20(24)22-8-10-23(11-9-22)21(25)17-7-5-12-28-17/h4-7,12-14H,8-11H2,1-3H3. The number of hydrogen-bond donors (Lipinski definition) is 0. The highest BCUT2D eigenvalue weighted by molar-refractivity contribution is 5.96. The maximum atomic E-state index is 13.0. The lowest BCUT2D eigenvalue weighted by Crippen LogP contribution is -2.50. The van der Waals surface area contributed by atoms with Crippen LogP contribution in [0.3, 0.4) is 0 Å². The third-order valence-electron chi connectivity index (χ3n) is 4.69. The Bertz CT molecular complexity index is 865. The molecule has 1 aliphatic rings. The SMILES string of the molecule is CC=Cc1cc(C(=O)N2CCN(C(=O)c3ccco3)CC2)cc(OC)c1OC. The highest BCUT2D eigenvalue weighted by Crippen LogP contribution is 2.34. The van der Waals surface area contributed by atoms with Gasteiger partial charge in [-0.1, -0.05) is 12.2 Å². The molecule has 2 aromatic rings. The molecule has 0 radical (unpaired) electrons. The van der Waals surface area contributed by atoms with Crippen molar-refractivity contribution in [2.45, 2.75) is 6.92 Å². The molecule has 1 aromatic heterocycles. The van der Waals surface area contributed by atoms with Crippen molar-refractivity contribution in [3.63, 3.8) is 0 Å². The number of carbonyl (C=O) groups excluding carboxylic acids is 2. The zero-order valence-electron chi connectivity index (χ0n) is 16.3. The number of nitrogens with zero attached hydrogens (tertiary/aromatic N) is 2. The van der Waals surface area contributed by atoms with Crippen LogP contribution < -0.4 is 9.47 Å². The van der Waals surface area contributed by atoms with Gasteiger partial charge in [0, 0.05) is 37.3 Å². The second kappa shape index (κ2) is 8.65. The molecule has 1 saturated heterocycles. The molecule has 1 aliphatic heterocycles. The second-order valence-electron chi connectivity index (χ2n) is 6.36. The van der Waals surface area contributed by atoms with Gasteiger partial charge in [-0.15, -0.1) is 0 Å². The average molecular weight is 384 g/mol. The summed E-state index contributed by atoms with van der Waals surface area (Å²) in [5.41, 5.74) is 1.30. The van der Waals surface area contributed by atoms with E-state index in [2.05, 4.69) is 0 Å². The Labute approximate surface area is 164 Å². The van der Waals surface area contributed by atoms with E-state index in [9.17, 15) is 9.59 Å². The van der Waals surface area contributed by atoms with Crippen molar-refractivity contribution in [3.05, 3.63) is 53.5 Å². The highest BCUT2D eigenvalue weighted by Gasteiger charge is 2.27. The van der Waals surface area contributed by atoms with Gasteiger partial charge in [0.1, 0.15) is 0 Å². The van der Waals surface area contributed by atoms with Gasteiger partial charge in [0.05, 0.1) is 20.5 Å². The number of rotatable bonds is 5. The zero-order chi connectivity index (χ0) is 20.1. The zero-order valence-corrected chi connectivity index (χ0v) is 16.3. The number of furan rings is 1. The highest BCUT2D eigenvalue weighted by atomic mass is 16.5. The Morgan fingerprint density at radius 3 is 2.25 bits per heavy atom. The molecule has 1 fully saturated rings. The maximum absolute atomic E-state index is 13.0. The summed E-state index contributed by atoms with van der Waals surface area (Å²) in [5, 5.41) is 0. The van der Waals surface area contributed by atoms with Crippen LogP contribution in [-0.2, 0) is 0 Å². The molecule has 0 spiro atoms. The number of benzene rings is 1. The molecule has 0 saturated carbocycles. The number of carbonyl (C=O) groups is 2. The predicted octanol–water partition coefficient (Wildman–Crippen LogP) is 2.93. The fourth-order valence-corrected chi connectivity index (χ4v) is 3.27. The first-order valence-corrected chi connectivity index (χ1v) is 9.09. The normalized spacial score (nSPS) is 14.4. The molecule has 1 aromatic carbocycles. The Morgan fingerprint density at radius 2 is 1.71 bits per heavy atom. The molecule has 3 rings (SSSR count).